The number of aliphatic hydroxyl groups excluding tert-OH is 1. The van der Waals surface area contributed by atoms with Crippen molar-refractivity contribution in [2.75, 3.05) is 19.7 Å². The van der Waals surface area contributed by atoms with Crippen molar-refractivity contribution in [3.05, 3.63) is 126 Å². The molecule has 0 bridgehead atoms. The molecule has 0 saturated carbocycles. The van der Waals surface area contributed by atoms with Crippen LogP contribution in [0.5, 0.6) is 11.5 Å². The molecular weight excluding hydrogens is 596 g/mol. The third kappa shape index (κ3) is 12.1. The van der Waals surface area contributed by atoms with Crippen molar-refractivity contribution in [1.82, 2.24) is 9.97 Å². The Hall–Kier alpha value is -5.97. The molecule has 0 saturated heterocycles. The zero-order chi connectivity index (χ0) is 33.1. The SMILES string of the molecule is CCOC(=O)C1=NCC=N1.Cc1ccc(OCc2ccccc2)cn1.O/C(=C\c1ccc(OCc2ccccc2)cn1)C1=NCC=N1. The quantitative estimate of drug-likeness (QED) is 0.166. The molecule has 0 unspecified atom stereocenters. The summed E-state index contributed by atoms with van der Waals surface area (Å²) in [4.78, 5) is 34.7. The number of carbonyl (C=O) groups excluding carboxylic acids is 1. The van der Waals surface area contributed by atoms with Crippen molar-refractivity contribution in [1.29, 1.82) is 0 Å². The maximum absolute atomic E-state index is 10.8. The van der Waals surface area contributed by atoms with Gasteiger partial charge in [0.15, 0.2) is 11.6 Å². The molecule has 11 heteroatoms. The van der Waals surface area contributed by atoms with Gasteiger partial charge in [-0.15, -0.1) is 0 Å². The first-order valence-corrected chi connectivity index (χ1v) is 14.9. The standard InChI is InChI=1S/C17H15N3O2.C13H13NO.C6H8N2O2/c21-16(17-18-8-9-19-17)10-14-6-7-15(11-20-14)22-12-13-4-2-1-3-5-13;1-11-7-8-13(9-14-11)15-10-12-5-3-2-4-6-12;1-2-10-6(9)5-7-3-4-8-5/h1-8,10-11,21H,9,12H2;2-9H,10H2,1H3;3H,2,4H2,1H3/b16-10-;;. The van der Waals surface area contributed by atoms with Crippen LogP contribution in [0.1, 0.15) is 29.4 Å². The molecule has 0 aliphatic carbocycles. The summed E-state index contributed by atoms with van der Waals surface area (Å²) in [5.74, 6) is 1.59. The minimum Gasteiger partial charge on any atom is -0.504 e. The van der Waals surface area contributed by atoms with E-state index in [4.69, 9.17) is 9.47 Å². The summed E-state index contributed by atoms with van der Waals surface area (Å²) < 4.78 is 15.9. The van der Waals surface area contributed by atoms with Crippen molar-refractivity contribution in [3.8, 4) is 11.5 Å². The summed E-state index contributed by atoms with van der Waals surface area (Å²) in [5, 5.41) is 9.87. The molecule has 2 aromatic heterocycles. The van der Waals surface area contributed by atoms with Gasteiger partial charge in [0.25, 0.3) is 0 Å². The fourth-order valence-electron chi connectivity index (χ4n) is 3.84. The van der Waals surface area contributed by atoms with Gasteiger partial charge in [-0.1, -0.05) is 60.7 Å². The molecule has 2 aliphatic heterocycles. The number of amidine groups is 2. The Morgan fingerprint density at radius 3 is 1.77 bits per heavy atom. The summed E-state index contributed by atoms with van der Waals surface area (Å²) in [5.41, 5.74) is 3.88. The maximum Gasteiger partial charge on any atom is 0.375 e. The maximum atomic E-state index is 10.8. The number of hydrogen-bond donors (Lipinski definition) is 1. The lowest BCUT2D eigenvalue weighted by Gasteiger charge is -2.06. The van der Waals surface area contributed by atoms with Gasteiger partial charge in [0, 0.05) is 24.2 Å². The van der Waals surface area contributed by atoms with Crippen LogP contribution < -0.4 is 9.47 Å². The monoisotopic (exact) mass is 632 g/mol. The van der Waals surface area contributed by atoms with E-state index in [0.29, 0.717) is 50.2 Å². The van der Waals surface area contributed by atoms with Gasteiger partial charge in [0.05, 0.1) is 37.8 Å². The number of aromatic nitrogens is 2. The molecule has 11 nitrogen and oxygen atoms in total. The molecule has 240 valence electrons. The Kier molecular flexibility index (Phi) is 13.5. The first-order chi connectivity index (χ1) is 23.0. The van der Waals surface area contributed by atoms with Gasteiger partial charge in [-0.05, 0) is 49.2 Å². The molecule has 6 rings (SSSR count). The van der Waals surface area contributed by atoms with Crippen molar-refractivity contribution < 1.29 is 24.1 Å². The van der Waals surface area contributed by atoms with E-state index in [-0.39, 0.29) is 11.6 Å². The Bertz CT molecular complexity index is 1700. The Labute approximate surface area is 273 Å². The predicted molar refractivity (Wildman–Crippen MR) is 184 cm³/mol. The molecule has 2 aromatic carbocycles. The van der Waals surface area contributed by atoms with E-state index in [1.54, 1.807) is 37.8 Å². The highest BCUT2D eigenvalue weighted by atomic mass is 16.5. The molecule has 1 N–H and O–H groups in total. The van der Waals surface area contributed by atoms with Crippen LogP contribution in [0.2, 0.25) is 0 Å². The Morgan fingerprint density at radius 2 is 1.30 bits per heavy atom. The molecule has 0 atom stereocenters. The van der Waals surface area contributed by atoms with Crippen LogP contribution in [0, 0.1) is 6.92 Å². The first-order valence-electron chi connectivity index (χ1n) is 14.9. The number of aryl methyl sites for hydroxylation is 1. The lowest BCUT2D eigenvalue weighted by Crippen LogP contribution is -2.13. The summed E-state index contributed by atoms with van der Waals surface area (Å²) in [7, 11) is 0. The molecule has 0 fully saturated rings. The fraction of sp³-hybridized carbons (Fsp3) is 0.194. The largest absolute Gasteiger partial charge is 0.504 e. The second-order valence-electron chi connectivity index (χ2n) is 9.80. The van der Waals surface area contributed by atoms with E-state index in [9.17, 15) is 9.90 Å². The zero-order valence-corrected chi connectivity index (χ0v) is 26.3. The summed E-state index contributed by atoms with van der Waals surface area (Å²) in [6.07, 6.45) is 8.13. The van der Waals surface area contributed by atoms with E-state index in [1.165, 1.54) is 6.08 Å². The van der Waals surface area contributed by atoms with Gasteiger partial charge in [-0.25, -0.2) is 14.8 Å². The average Bonchev–Trinajstić information content (AvgIpc) is 3.86. The van der Waals surface area contributed by atoms with Crippen molar-refractivity contribution in [2.45, 2.75) is 27.1 Å². The normalized spacial score (nSPS) is 12.9. The first kappa shape index (κ1) is 33.9. The van der Waals surface area contributed by atoms with Gasteiger partial charge in [-0.3, -0.25) is 20.0 Å². The molecular formula is C36H36N6O5. The fourth-order valence-corrected chi connectivity index (χ4v) is 3.84. The highest BCUT2D eigenvalue weighted by Crippen LogP contribution is 2.14. The number of ether oxygens (including phenoxy) is 3. The van der Waals surface area contributed by atoms with Gasteiger partial charge in [-0.2, -0.15) is 0 Å². The van der Waals surface area contributed by atoms with Gasteiger partial charge >= 0.3 is 5.97 Å². The van der Waals surface area contributed by atoms with Gasteiger partial charge < -0.3 is 19.3 Å². The lowest BCUT2D eigenvalue weighted by atomic mass is 10.2. The van der Waals surface area contributed by atoms with Crippen LogP contribution in [-0.4, -0.2) is 64.8 Å². The second kappa shape index (κ2) is 18.7. The number of benzene rings is 2. The van der Waals surface area contributed by atoms with E-state index < -0.39 is 5.97 Å². The van der Waals surface area contributed by atoms with E-state index in [0.717, 1.165) is 22.6 Å². The number of esters is 1. The third-order valence-electron chi connectivity index (χ3n) is 6.18. The minimum atomic E-state index is -0.434. The van der Waals surface area contributed by atoms with Crippen molar-refractivity contribution in [3.63, 3.8) is 0 Å². The molecule has 0 spiro atoms. The van der Waals surface area contributed by atoms with Crippen LogP contribution in [0.25, 0.3) is 6.08 Å². The Morgan fingerprint density at radius 1 is 0.745 bits per heavy atom. The number of rotatable bonds is 10. The lowest BCUT2D eigenvalue weighted by molar-refractivity contribution is -0.135. The number of aliphatic hydroxyl groups is 1. The Balaban J connectivity index is 0.000000173. The summed E-state index contributed by atoms with van der Waals surface area (Å²) >= 11 is 0. The van der Waals surface area contributed by atoms with Crippen LogP contribution in [0.3, 0.4) is 0 Å². The smallest absolute Gasteiger partial charge is 0.375 e. The van der Waals surface area contributed by atoms with E-state index in [1.807, 2.05) is 85.8 Å². The van der Waals surface area contributed by atoms with E-state index in [2.05, 4.69) is 34.7 Å². The van der Waals surface area contributed by atoms with Crippen LogP contribution in [0.4, 0.5) is 0 Å². The number of carbonyl (C=O) groups is 1. The highest BCUT2D eigenvalue weighted by Gasteiger charge is 2.12. The summed E-state index contributed by atoms with van der Waals surface area (Å²) in [6, 6.07) is 27.5. The number of hydrogen-bond acceptors (Lipinski definition) is 11. The van der Waals surface area contributed by atoms with Gasteiger partial charge in [0.2, 0.25) is 5.84 Å². The minimum absolute atomic E-state index is 0.0132. The third-order valence-corrected chi connectivity index (χ3v) is 6.18. The molecule has 47 heavy (non-hydrogen) atoms. The number of nitrogens with zero attached hydrogens (tertiary/aromatic N) is 6. The predicted octanol–water partition coefficient (Wildman–Crippen LogP) is 6.04. The van der Waals surface area contributed by atoms with Gasteiger partial charge in [0.1, 0.15) is 24.7 Å². The van der Waals surface area contributed by atoms with Crippen LogP contribution in [0.15, 0.2) is 123 Å². The van der Waals surface area contributed by atoms with Crippen LogP contribution in [-0.2, 0) is 22.7 Å². The molecule has 4 heterocycles. The number of pyridine rings is 2. The molecule has 4 aromatic rings. The summed E-state index contributed by atoms with van der Waals surface area (Å²) in [6.45, 7) is 6.16. The van der Waals surface area contributed by atoms with E-state index >= 15 is 0 Å². The highest BCUT2D eigenvalue weighted by molar-refractivity contribution is 6.38. The molecule has 0 amide bonds. The molecule has 0 radical (unpaired) electrons. The number of aliphatic imine (C=N–C) groups is 4. The van der Waals surface area contributed by atoms with Crippen molar-refractivity contribution >= 4 is 36.1 Å². The average molecular weight is 633 g/mol. The topological polar surface area (TPSA) is 140 Å². The zero-order valence-electron chi connectivity index (χ0n) is 26.3. The molecule has 2 aliphatic rings. The second-order valence-corrected chi connectivity index (χ2v) is 9.80. The van der Waals surface area contributed by atoms with Crippen LogP contribution >= 0.6 is 0 Å². The van der Waals surface area contributed by atoms with Crippen molar-refractivity contribution in [2.24, 2.45) is 20.0 Å².